The Labute approximate surface area is 136 Å². The van der Waals surface area contributed by atoms with Gasteiger partial charge in [0.2, 0.25) is 0 Å². The number of aromatic nitrogens is 5. The highest BCUT2D eigenvalue weighted by atomic mass is 32.1. The summed E-state index contributed by atoms with van der Waals surface area (Å²) in [6.45, 7) is 1.14. The first-order valence-electron chi connectivity index (χ1n) is 7.53. The molecule has 0 unspecified atom stereocenters. The number of hydrogen-bond donors (Lipinski definition) is 0. The van der Waals surface area contributed by atoms with Crippen molar-refractivity contribution < 1.29 is 9.47 Å². The maximum atomic E-state index is 5.67. The Balaban J connectivity index is 1.64. The molecule has 3 heterocycles. The molecular formula is C15H13N5O2S. The summed E-state index contributed by atoms with van der Waals surface area (Å²) >= 11 is 1.31. The Morgan fingerprint density at radius 2 is 2.00 bits per heavy atom. The molecule has 0 N–H and O–H groups in total. The maximum Gasteiger partial charge on any atom is 0.184 e. The number of hydrogen-bond acceptors (Lipinski definition) is 7. The molecule has 0 radical (unpaired) electrons. The highest BCUT2D eigenvalue weighted by Gasteiger charge is 2.30. The van der Waals surface area contributed by atoms with Gasteiger partial charge in [-0.3, -0.25) is 0 Å². The van der Waals surface area contributed by atoms with Gasteiger partial charge >= 0.3 is 0 Å². The summed E-state index contributed by atoms with van der Waals surface area (Å²) in [5, 5.41) is 10.7. The van der Waals surface area contributed by atoms with E-state index in [0.29, 0.717) is 19.1 Å². The van der Waals surface area contributed by atoms with Crippen LogP contribution in [0.1, 0.15) is 24.6 Å². The van der Waals surface area contributed by atoms with Crippen LogP contribution in [0.4, 0.5) is 0 Å². The first-order chi connectivity index (χ1) is 11.4. The first kappa shape index (κ1) is 13.0. The fraction of sp³-hybridized carbons (Fsp3) is 0.333. The Kier molecular flexibility index (Phi) is 2.84. The van der Waals surface area contributed by atoms with Crippen LogP contribution in [0.15, 0.2) is 23.6 Å². The molecule has 3 aromatic rings. The van der Waals surface area contributed by atoms with E-state index in [9.17, 15) is 0 Å². The largest absolute Gasteiger partial charge is 0.486 e. The molecule has 1 fully saturated rings. The van der Waals surface area contributed by atoms with E-state index in [1.807, 2.05) is 28.3 Å². The lowest BCUT2D eigenvalue weighted by Gasteiger charge is -2.18. The summed E-state index contributed by atoms with van der Waals surface area (Å²) < 4.78 is 17.0. The standard InChI is InChI=1S/C15H13N5O2S/c1-2-9(1)14-16-15(11-8-23-19-17-11)20(18-14)10-3-4-12-13(7-10)22-6-5-21-12/h3-4,7-9H,1-2,5-6H2. The Morgan fingerprint density at radius 3 is 2.78 bits per heavy atom. The van der Waals surface area contributed by atoms with Crippen molar-refractivity contribution in [1.82, 2.24) is 24.4 Å². The average molecular weight is 327 g/mol. The molecule has 1 saturated carbocycles. The molecule has 1 aliphatic heterocycles. The maximum absolute atomic E-state index is 5.67. The molecule has 116 valence electrons. The van der Waals surface area contributed by atoms with Gasteiger partial charge in [0.25, 0.3) is 0 Å². The number of ether oxygens (including phenoxy) is 2. The van der Waals surface area contributed by atoms with Crippen LogP contribution in [0.2, 0.25) is 0 Å². The number of nitrogens with zero attached hydrogens (tertiary/aromatic N) is 5. The monoisotopic (exact) mass is 327 g/mol. The Hall–Kier alpha value is -2.48. The van der Waals surface area contributed by atoms with Crippen LogP contribution in [-0.4, -0.2) is 37.6 Å². The Morgan fingerprint density at radius 1 is 1.13 bits per heavy atom. The predicted octanol–water partition coefficient (Wildman–Crippen LogP) is 2.43. The molecule has 8 heteroatoms. The van der Waals surface area contributed by atoms with Gasteiger partial charge in [0.05, 0.1) is 5.69 Å². The fourth-order valence-electron chi connectivity index (χ4n) is 2.61. The summed E-state index contributed by atoms with van der Waals surface area (Å²) in [4.78, 5) is 4.69. The predicted molar refractivity (Wildman–Crippen MR) is 83.2 cm³/mol. The second-order valence-corrected chi connectivity index (χ2v) is 6.21. The van der Waals surface area contributed by atoms with E-state index in [2.05, 4.69) is 14.6 Å². The van der Waals surface area contributed by atoms with E-state index >= 15 is 0 Å². The summed E-state index contributed by atoms with van der Waals surface area (Å²) in [6.07, 6.45) is 2.31. The zero-order valence-electron chi connectivity index (χ0n) is 12.2. The van der Waals surface area contributed by atoms with E-state index in [1.165, 1.54) is 11.5 Å². The van der Waals surface area contributed by atoms with Gasteiger partial charge in [0.1, 0.15) is 18.9 Å². The third kappa shape index (κ3) is 2.26. The van der Waals surface area contributed by atoms with Crippen LogP contribution in [0, 0.1) is 0 Å². The van der Waals surface area contributed by atoms with Crippen molar-refractivity contribution in [1.29, 1.82) is 0 Å². The Bertz CT molecular complexity index is 857. The molecule has 2 aliphatic rings. The van der Waals surface area contributed by atoms with Crippen molar-refractivity contribution >= 4 is 11.5 Å². The lowest BCUT2D eigenvalue weighted by Crippen LogP contribution is -2.15. The molecule has 7 nitrogen and oxygen atoms in total. The van der Waals surface area contributed by atoms with E-state index in [0.717, 1.165) is 47.4 Å². The van der Waals surface area contributed by atoms with E-state index in [4.69, 9.17) is 14.6 Å². The normalized spacial score (nSPS) is 16.5. The molecule has 23 heavy (non-hydrogen) atoms. The molecule has 5 rings (SSSR count). The summed E-state index contributed by atoms with van der Waals surface area (Å²) in [7, 11) is 0. The van der Waals surface area contributed by atoms with Crippen LogP contribution in [0.3, 0.4) is 0 Å². The summed E-state index contributed by atoms with van der Waals surface area (Å²) in [5.74, 6) is 3.57. The minimum atomic E-state index is 0.471. The van der Waals surface area contributed by atoms with Crippen LogP contribution in [0.5, 0.6) is 11.5 Å². The van der Waals surface area contributed by atoms with Crippen molar-refractivity contribution in [3.63, 3.8) is 0 Å². The summed E-state index contributed by atoms with van der Waals surface area (Å²) in [5.41, 5.74) is 1.63. The van der Waals surface area contributed by atoms with Crippen LogP contribution < -0.4 is 9.47 Å². The van der Waals surface area contributed by atoms with Gasteiger partial charge in [-0.05, 0) is 36.5 Å². The van der Waals surface area contributed by atoms with Crippen LogP contribution in [-0.2, 0) is 0 Å². The van der Waals surface area contributed by atoms with Gasteiger partial charge in [0.15, 0.2) is 23.1 Å². The van der Waals surface area contributed by atoms with E-state index < -0.39 is 0 Å². The molecule has 0 spiro atoms. The highest BCUT2D eigenvalue weighted by molar-refractivity contribution is 7.03. The molecule has 0 amide bonds. The molecule has 0 atom stereocenters. The highest BCUT2D eigenvalue weighted by Crippen LogP contribution is 2.40. The molecule has 1 aliphatic carbocycles. The quantitative estimate of drug-likeness (QED) is 0.735. The SMILES string of the molecule is c1cc2c(cc1-n1nc(C3CC3)nc1-c1csnn1)OCCO2. The van der Waals surface area contributed by atoms with Crippen molar-refractivity contribution in [3.05, 3.63) is 29.4 Å². The molecule has 0 bridgehead atoms. The third-order valence-electron chi connectivity index (χ3n) is 3.93. The minimum Gasteiger partial charge on any atom is -0.486 e. The van der Waals surface area contributed by atoms with Crippen molar-refractivity contribution in [3.8, 4) is 28.7 Å². The summed E-state index contributed by atoms with van der Waals surface area (Å²) in [6, 6.07) is 5.80. The van der Waals surface area contributed by atoms with E-state index in [1.54, 1.807) is 0 Å². The van der Waals surface area contributed by atoms with Crippen LogP contribution in [0.25, 0.3) is 17.2 Å². The lowest BCUT2D eigenvalue weighted by molar-refractivity contribution is 0.171. The third-order valence-corrected chi connectivity index (χ3v) is 4.43. The second-order valence-electron chi connectivity index (χ2n) is 5.60. The van der Waals surface area contributed by atoms with Crippen molar-refractivity contribution in [2.75, 3.05) is 13.2 Å². The van der Waals surface area contributed by atoms with Crippen molar-refractivity contribution in [2.45, 2.75) is 18.8 Å². The number of rotatable bonds is 3. The van der Waals surface area contributed by atoms with Gasteiger partial charge in [-0.25, -0.2) is 9.67 Å². The smallest absolute Gasteiger partial charge is 0.184 e. The van der Waals surface area contributed by atoms with Gasteiger partial charge < -0.3 is 9.47 Å². The van der Waals surface area contributed by atoms with Crippen molar-refractivity contribution in [2.24, 2.45) is 0 Å². The molecule has 0 saturated heterocycles. The number of benzene rings is 1. The minimum absolute atomic E-state index is 0.471. The molecule has 2 aromatic heterocycles. The zero-order chi connectivity index (χ0) is 15.2. The fourth-order valence-corrected chi connectivity index (χ4v) is 3.05. The second kappa shape index (κ2) is 5.02. The first-order valence-corrected chi connectivity index (χ1v) is 8.36. The van der Waals surface area contributed by atoms with E-state index in [-0.39, 0.29) is 0 Å². The lowest BCUT2D eigenvalue weighted by atomic mass is 10.2. The average Bonchev–Trinajstić information content (AvgIpc) is 3.12. The molecular weight excluding hydrogens is 314 g/mol. The zero-order valence-corrected chi connectivity index (χ0v) is 13.0. The van der Waals surface area contributed by atoms with Gasteiger partial charge in [-0.15, -0.1) is 5.10 Å². The van der Waals surface area contributed by atoms with Gasteiger partial charge in [0, 0.05) is 17.4 Å². The topological polar surface area (TPSA) is 75.0 Å². The molecule has 1 aromatic carbocycles. The van der Waals surface area contributed by atoms with Crippen LogP contribution >= 0.6 is 11.5 Å². The number of fused-ring (bicyclic) bond motifs is 1. The van der Waals surface area contributed by atoms with Gasteiger partial charge in [-0.2, -0.15) is 5.10 Å². The van der Waals surface area contributed by atoms with Gasteiger partial charge in [-0.1, -0.05) is 4.49 Å².